The highest BCUT2D eigenvalue weighted by Gasteiger charge is 2.35. The molecule has 1 atom stereocenters. The van der Waals surface area contributed by atoms with Gasteiger partial charge in [0, 0.05) is 25.3 Å². The first-order valence-corrected chi connectivity index (χ1v) is 13.2. The van der Waals surface area contributed by atoms with Crippen molar-refractivity contribution in [3.8, 4) is 0 Å². The Labute approximate surface area is 226 Å². The van der Waals surface area contributed by atoms with Crippen LogP contribution < -0.4 is 10.2 Å². The maximum atomic E-state index is 13.2. The summed E-state index contributed by atoms with van der Waals surface area (Å²) in [6.45, 7) is 6.96. The van der Waals surface area contributed by atoms with E-state index in [0.29, 0.717) is 36.8 Å². The first-order valence-electron chi connectivity index (χ1n) is 12.9. The Morgan fingerprint density at radius 3 is 2.42 bits per heavy atom. The van der Waals surface area contributed by atoms with Crippen molar-refractivity contribution in [1.82, 2.24) is 4.90 Å². The molecule has 10 heteroatoms. The molecule has 2 aliphatic heterocycles. The molecule has 1 saturated heterocycles. The Hall–Kier alpha value is -2.94. The molecule has 1 fully saturated rings. The zero-order valence-electron chi connectivity index (χ0n) is 21.8. The molecule has 4 rings (SSSR count). The van der Waals surface area contributed by atoms with Crippen molar-refractivity contribution < 1.29 is 27.5 Å². The highest BCUT2D eigenvalue weighted by atomic mass is 35.5. The normalized spacial score (nSPS) is 18.1. The fourth-order valence-corrected chi connectivity index (χ4v) is 5.35. The van der Waals surface area contributed by atoms with Gasteiger partial charge in [-0.15, -0.1) is 0 Å². The van der Waals surface area contributed by atoms with Crippen LogP contribution in [0.5, 0.6) is 0 Å². The summed E-state index contributed by atoms with van der Waals surface area (Å²) in [5.41, 5.74) is 1.74. The van der Waals surface area contributed by atoms with Gasteiger partial charge in [0.1, 0.15) is 11.6 Å². The van der Waals surface area contributed by atoms with Crippen LogP contribution >= 0.6 is 11.6 Å². The van der Waals surface area contributed by atoms with Gasteiger partial charge in [0.15, 0.2) is 0 Å². The molecule has 0 unspecified atom stereocenters. The smallest absolute Gasteiger partial charge is 0.416 e. The van der Waals surface area contributed by atoms with Gasteiger partial charge in [0.2, 0.25) is 5.91 Å². The van der Waals surface area contributed by atoms with Crippen LogP contribution in [0, 0.1) is 0 Å². The summed E-state index contributed by atoms with van der Waals surface area (Å²) in [7, 11) is 0. The van der Waals surface area contributed by atoms with Crippen molar-refractivity contribution in [2.75, 3.05) is 23.3 Å². The Balaban J connectivity index is 1.49. The summed E-state index contributed by atoms with van der Waals surface area (Å²) in [6, 6.07) is 8.09. The van der Waals surface area contributed by atoms with Crippen LogP contribution in [0.2, 0.25) is 5.02 Å². The van der Waals surface area contributed by atoms with Gasteiger partial charge < -0.3 is 15.0 Å². The number of hydrogen-bond acceptors (Lipinski definition) is 4. The number of piperidine rings is 1. The van der Waals surface area contributed by atoms with E-state index in [9.17, 15) is 22.8 Å². The molecule has 2 aliphatic rings. The molecule has 0 aliphatic carbocycles. The number of ether oxygens (including phenoxy) is 1. The molecular formula is C28H33ClF3N3O3. The minimum atomic E-state index is -4.37. The van der Waals surface area contributed by atoms with Crippen LogP contribution in [0.1, 0.15) is 63.1 Å². The quantitative estimate of drug-likeness (QED) is 0.443. The van der Waals surface area contributed by atoms with Crippen molar-refractivity contribution in [2.24, 2.45) is 0 Å². The molecule has 206 valence electrons. The minimum Gasteiger partial charge on any atom is -0.444 e. The first-order chi connectivity index (χ1) is 17.8. The molecule has 38 heavy (non-hydrogen) atoms. The second-order valence-corrected chi connectivity index (χ2v) is 11.3. The summed E-state index contributed by atoms with van der Waals surface area (Å²) in [5.74, 6) is -0.288. The topological polar surface area (TPSA) is 61.9 Å². The van der Waals surface area contributed by atoms with E-state index in [2.05, 4.69) is 10.2 Å². The Kier molecular flexibility index (Phi) is 8.16. The Morgan fingerprint density at radius 1 is 1.05 bits per heavy atom. The van der Waals surface area contributed by atoms with Crippen molar-refractivity contribution in [3.05, 3.63) is 58.1 Å². The van der Waals surface area contributed by atoms with Crippen molar-refractivity contribution in [2.45, 2.75) is 77.2 Å². The average Bonchev–Trinajstić information content (AvgIpc) is 2.82. The van der Waals surface area contributed by atoms with Crippen LogP contribution in [0.4, 0.5) is 29.3 Å². The Morgan fingerprint density at radius 2 is 1.76 bits per heavy atom. The molecule has 0 bridgehead atoms. The summed E-state index contributed by atoms with van der Waals surface area (Å²) < 4.78 is 44.3. The van der Waals surface area contributed by atoms with Crippen molar-refractivity contribution in [1.29, 1.82) is 0 Å². The standard InChI is InChI=1S/C28H33ClF3N3O3/c1-27(2,3)38-26(37)35-14-5-4-8-23(35)25(36)33-21-15-19-7-6-13-34(24(19)22(29)16-21)17-18-9-11-20(12-10-18)28(30,31)32/h9-12,15-16,23H,4-8,13-14,17H2,1-3H3,(H,33,36)/t23-/m1/s1. The second kappa shape index (κ2) is 11.0. The number of amides is 2. The first kappa shape index (κ1) is 28.1. The van der Waals surface area contributed by atoms with E-state index in [0.717, 1.165) is 54.6 Å². The number of hydrogen-bond donors (Lipinski definition) is 1. The zero-order valence-corrected chi connectivity index (χ0v) is 22.6. The summed E-state index contributed by atoms with van der Waals surface area (Å²) in [4.78, 5) is 29.5. The molecule has 2 aromatic carbocycles. The van der Waals surface area contributed by atoms with E-state index < -0.39 is 29.5 Å². The number of benzene rings is 2. The lowest BCUT2D eigenvalue weighted by atomic mass is 9.99. The molecule has 2 aromatic rings. The number of anilines is 2. The molecule has 0 saturated carbocycles. The molecule has 0 aromatic heterocycles. The van der Waals surface area contributed by atoms with E-state index in [1.54, 1.807) is 26.8 Å². The summed E-state index contributed by atoms with van der Waals surface area (Å²) >= 11 is 6.69. The number of aryl methyl sites for hydroxylation is 1. The Bertz CT molecular complexity index is 1180. The zero-order chi connectivity index (χ0) is 27.7. The highest BCUT2D eigenvalue weighted by molar-refractivity contribution is 6.34. The molecule has 0 spiro atoms. The van der Waals surface area contributed by atoms with Crippen LogP contribution in [0.3, 0.4) is 0 Å². The van der Waals surface area contributed by atoms with Gasteiger partial charge >= 0.3 is 12.3 Å². The number of carbonyl (C=O) groups excluding carboxylic acids is 2. The third-order valence-electron chi connectivity index (χ3n) is 6.69. The molecule has 2 heterocycles. The van der Waals surface area contributed by atoms with E-state index in [-0.39, 0.29) is 5.91 Å². The number of carbonyl (C=O) groups is 2. The molecule has 2 amide bonds. The average molecular weight is 552 g/mol. The van der Waals surface area contributed by atoms with Crippen LogP contribution in [-0.4, -0.2) is 41.6 Å². The van der Waals surface area contributed by atoms with Crippen molar-refractivity contribution >= 4 is 35.0 Å². The lowest BCUT2D eigenvalue weighted by Gasteiger charge is -2.36. The van der Waals surface area contributed by atoms with E-state index in [1.807, 2.05) is 6.07 Å². The number of nitrogens with one attached hydrogen (secondary N) is 1. The van der Waals surface area contributed by atoms with E-state index >= 15 is 0 Å². The lowest BCUT2D eigenvalue weighted by molar-refractivity contribution is -0.137. The van der Waals surface area contributed by atoms with Crippen LogP contribution in [0.25, 0.3) is 0 Å². The minimum absolute atomic E-state index is 0.288. The number of fused-ring (bicyclic) bond motifs is 1. The van der Waals surface area contributed by atoms with Gasteiger partial charge in [-0.2, -0.15) is 13.2 Å². The van der Waals surface area contributed by atoms with E-state index in [1.165, 1.54) is 17.0 Å². The van der Waals surface area contributed by atoms with E-state index in [4.69, 9.17) is 16.3 Å². The summed E-state index contributed by atoms with van der Waals surface area (Å²) in [6.07, 6.45) is -1.08. The SMILES string of the molecule is CC(C)(C)OC(=O)N1CCCC[C@@H]1C(=O)Nc1cc(Cl)c2c(c1)CCCN2Cc1ccc(C(F)(F)F)cc1. The second-order valence-electron chi connectivity index (χ2n) is 10.9. The van der Waals surface area contributed by atoms with Crippen LogP contribution in [0.15, 0.2) is 36.4 Å². The third-order valence-corrected chi connectivity index (χ3v) is 6.98. The number of rotatable bonds is 4. The predicted octanol–water partition coefficient (Wildman–Crippen LogP) is 7.04. The van der Waals surface area contributed by atoms with Crippen molar-refractivity contribution in [3.63, 3.8) is 0 Å². The number of halogens is 4. The van der Waals surface area contributed by atoms with Gasteiger partial charge in [-0.1, -0.05) is 23.7 Å². The predicted molar refractivity (Wildman–Crippen MR) is 141 cm³/mol. The molecular weight excluding hydrogens is 519 g/mol. The van der Waals surface area contributed by atoms with Crippen LogP contribution in [-0.2, 0) is 28.7 Å². The van der Waals surface area contributed by atoms with Gasteiger partial charge in [-0.3, -0.25) is 9.69 Å². The number of nitrogens with zero attached hydrogens (tertiary/aromatic N) is 2. The van der Waals surface area contributed by atoms with Gasteiger partial charge in [0.05, 0.1) is 16.3 Å². The number of likely N-dealkylation sites (tertiary alicyclic amines) is 1. The largest absolute Gasteiger partial charge is 0.444 e. The fraction of sp³-hybridized carbons (Fsp3) is 0.500. The molecule has 1 N–H and O–H groups in total. The maximum absolute atomic E-state index is 13.2. The van der Waals surface area contributed by atoms with Gasteiger partial charge in [-0.05, 0) is 88.3 Å². The highest BCUT2D eigenvalue weighted by Crippen LogP contribution is 2.38. The summed E-state index contributed by atoms with van der Waals surface area (Å²) in [5, 5.41) is 3.39. The fourth-order valence-electron chi connectivity index (χ4n) is 4.99. The number of alkyl halides is 3. The third kappa shape index (κ3) is 6.73. The molecule has 6 nitrogen and oxygen atoms in total. The monoisotopic (exact) mass is 551 g/mol. The van der Waals surface area contributed by atoms with Gasteiger partial charge in [0.25, 0.3) is 0 Å². The lowest BCUT2D eigenvalue weighted by Crippen LogP contribution is -2.51. The van der Waals surface area contributed by atoms with Gasteiger partial charge in [-0.25, -0.2) is 4.79 Å². The maximum Gasteiger partial charge on any atom is 0.416 e. The molecule has 0 radical (unpaired) electrons.